The van der Waals surface area contributed by atoms with Gasteiger partial charge < -0.3 is 4.90 Å². The molecule has 5 heteroatoms. The fraction of sp³-hybridized carbons (Fsp3) is 0.571. The third-order valence-corrected chi connectivity index (χ3v) is 5.76. The zero-order valence-electron chi connectivity index (χ0n) is 11.5. The Kier molecular flexibility index (Phi) is 4.79. The maximum absolute atomic E-state index is 11.9. The summed E-state index contributed by atoms with van der Waals surface area (Å²) in [5.74, 6) is 0. The molecule has 1 fully saturated rings. The number of hydrogen-bond acceptors (Lipinski definition) is 4. The van der Waals surface area contributed by atoms with E-state index in [0.29, 0.717) is 10.1 Å². The summed E-state index contributed by atoms with van der Waals surface area (Å²) in [6, 6.07) is 7.36. The molecule has 106 valence electrons. The zero-order chi connectivity index (χ0) is 13.9. The van der Waals surface area contributed by atoms with Crippen molar-refractivity contribution in [3.8, 4) is 0 Å². The number of sulfone groups is 1. The first kappa shape index (κ1) is 14.7. The Labute approximate surface area is 120 Å². The molecule has 19 heavy (non-hydrogen) atoms. The van der Waals surface area contributed by atoms with Crippen molar-refractivity contribution in [1.29, 1.82) is 0 Å². The highest BCUT2D eigenvalue weighted by atomic mass is 32.2. The van der Waals surface area contributed by atoms with Crippen LogP contribution in [0.25, 0.3) is 0 Å². The summed E-state index contributed by atoms with van der Waals surface area (Å²) >= 11 is 1.88. The molecule has 1 aliphatic heterocycles. The van der Waals surface area contributed by atoms with Crippen LogP contribution >= 0.6 is 11.8 Å². The number of benzene rings is 1. The predicted molar refractivity (Wildman–Crippen MR) is 82.9 cm³/mol. The van der Waals surface area contributed by atoms with Crippen LogP contribution in [0.4, 0.5) is 5.69 Å². The predicted octanol–water partition coefficient (Wildman–Crippen LogP) is 2.81. The Morgan fingerprint density at radius 2 is 2.00 bits per heavy atom. The lowest BCUT2D eigenvalue weighted by Crippen LogP contribution is -2.30. The Balaban J connectivity index is 2.35. The first-order valence-corrected chi connectivity index (χ1v) is 9.77. The van der Waals surface area contributed by atoms with Gasteiger partial charge in [0.1, 0.15) is 0 Å². The van der Waals surface area contributed by atoms with Crippen molar-refractivity contribution in [2.45, 2.75) is 29.4 Å². The number of para-hydroxylation sites is 1. The van der Waals surface area contributed by atoms with Crippen molar-refractivity contribution in [2.75, 3.05) is 30.5 Å². The highest BCUT2D eigenvalue weighted by molar-refractivity contribution is 7.99. The van der Waals surface area contributed by atoms with Gasteiger partial charge in [0.05, 0.1) is 10.6 Å². The van der Waals surface area contributed by atoms with Crippen molar-refractivity contribution in [1.82, 2.24) is 0 Å². The van der Waals surface area contributed by atoms with E-state index in [1.54, 1.807) is 12.1 Å². The van der Waals surface area contributed by atoms with Gasteiger partial charge in [0, 0.05) is 24.6 Å². The topological polar surface area (TPSA) is 37.4 Å². The molecule has 1 saturated heterocycles. The van der Waals surface area contributed by atoms with E-state index < -0.39 is 9.84 Å². The van der Waals surface area contributed by atoms with E-state index in [4.69, 9.17) is 0 Å². The number of thioether (sulfide) groups is 1. The van der Waals surface area contributed by atoms with E-state index in [1.165, 1.54) is 19.1 Å². The van der Waals surface area contributed by atoms with E-state index in [9.17, 15) is 8.42 Å². The van der Waals surface area contributed by atoms with Gasteiger partial charge in [-0.3, -0.25) is 0 Å². The van der Waals surface area contributed by atoms with Crippen molar-refractivity contribution in [2.24, 2.45) is 0 Å². The first-order valence-electron chi connectivity index (χ1n) is 6.59. The molecule has 0 amide bonds. The highest BCUT2D eigenvalue weighted by Gasteiger charge is 2.22. The van der Waals surface area contributed by atoms with Gasteiger partial charge in [-0.15, -0.1) is 0 Å². The average molecular weight is 299 g/mol. The summed E-state index contributed by atoms with van der Waals surface area (Å²) in [6.07, 6.45) is 7.00. The highest BCUT2D eigenvalue weighted by Crippen LogP contribution is 2.29. The fourth-order valence-corrected chi connectivity index (χ4v) is 4.18. The lowest BCUT2D eigenvalue weighted by Gasteiger charge is -2.27. The maximum Gasteiger partial charge on any atom is 0.177 e. The quantitative estimate of drug-likeness (QED) is 0.860. The molecular formula is C14H21NO2S2. The lowest BCUT2D eigenvalue weighted by atomic mass is 10.2. The minimum absolute atomic E-state index is 0.455. The van der Waals surface area contributed by atoms with Crippen LogP contribution in [0.5, 0.6) is 0 Å². The van der Waals surface area contributed by atoms with E-state index in [-0.39, 0.29) is 0 Å². The molecule has 1 aromatic rings. The molecule has 1 aliphatic rings. The first-order chi connectivity index (χ1) is 9.02. The molecular weight excluding hydrogens is 278 g/mol. The largest absolute Gasteiger partial charge is 0.369 e. The van der Waals surface area contributed by atoms with E-state index in [2.05, 4.69) is 11.2 Å². The third-order valence-electron chi connectivity index (χ3n) is 3.57. The maximum atomic E-state index is 11.9. The Bertz CT molecular complexity index is 528. The Hall–Kier alpha value is -0.680. The second-order valence-corrected chi connectivity index (χ2v) is 8.16. The van der Waals surface area contributed by atoms with Crippen LogP contribution in [0.2, 0.25) is 0 Å². The molecule has 1 unspecified atom stereocenters. The van der Waals surface area contributed by atoms with Crippen LogP contribution < -0.4 is 4.90 Å². The number of nitrogens with zero attached hydrogens (tertiary/aromatic N) is 1. The third kappa shape index (κ3) is 3.66. The number of rotatable bonds is 3. The summed E-state index contributed by atoms with van der Waals surface area (Å²) < 4.78 is 23.8. The van der Waals surface area contributed by atoms with Gasteiger partial charge in [0.25, 0.3) is 0 Å². The number of hydrogen-bond donors (Lipinski definition) is 0. The van der Waals surface area contributed by atoms with Gasteiger partial charge in [-0.1, -0.05) is 18.6 Å². The van der Waals surface area contributed by atoms with Gasteiger partial charge in [0.2, 0.25) is 0 Å². The molecule has 0 spiro atoms. The molecule has 0 N–H and O–H groups in total. The molecule has 0 aromatic heterocycles. The molecule has 1 aromatic carbocycles. The number of anilines is 1. The summed E-state index contributed by atoms with van der Waals surface area (Å²) in [6.45, 7) is 1.89. The summed E-state index contributed by atoms with van der Waals surface area (Å²) in [5.41, 5.74) is 0.867. The van der Waals surface area contributed by atoms with E-state index in [1.807, 2.05) is 23.9 Å². The van der Waals surface area contributed by atoms with Gasteiger partial charge in [-0.25, -0.2) is 8.42 Å². The Morgan fingerprint density at radius 3 is 2.68 bits per heavy atom. The van der Waals surface area contributed by atoms with Gasteiger partial charge in [-0.05, 0) is 31.2 Å². The Morgan fingerprint density at radius 1 is 1.26 bits per heavy atom. The van der Waals surface area contributed by atoms with Gasteiger partial charge in [-0.2, -0.15) is 11.8 Å². The lowest BCUT2D eigenvalue weighted by molar-refractivity contribution is 0.601. The summed E-state index contributed by atoms with van der Waals surface area (Å²) in [5, 5.41) is 0.593. The molecule has 1 atom stereocenters. The molecule has 3 nitrogen and oxygen atoms in total. The van der Waals surface area contributed by atoms with Crippen molar-refractivity contribution in [3.05, 3.63) is 24.3 Å². The van der Waals surface area contributed by atoms with Gasteiger partial charge >= 0.3 is 0 Å². The molecule has 0 aliphatic carbocycles. The van der Waals surface area contributed by atoms with Crippen LogP contribution in [0, 0.1) is 0 Å². The van der Waals surface area contributed by atoms with E-state index in [0.717, 1.165) is 25.2 Å². The van der Waals surface area contributed by atoms with Crippen LogP contribution in [0.15, 0.2) is 29.2 Å². The molecule has 0 saturated carbocycles. The second-order valence-electron chi connectivity index (χ2n) is 5.04. The van der Waals surface area contributed by atoms with Gasteiger partial charge in [0.15, 0.2) is 9.84 Å². The standard InChI is InChI=1S/C14H21NO2S2/c1-18-12-7-5-6-10-15(11-12)13-8-3-4-9-14(13)19(2,16)17/h3-4,8-9,12H,5-7,10-11H2,1-2H3. The van der Waals surface area contributed by atoms with E-state index >= 15 is 0 Å². The summed E-state index contributed by atoms with van der Waals surface area (Å²) in [4.78, 5) is 2.70. The minimum Gasteiger partial charge on any atom is -0.369 e. The minimum atomic E-state index is -3.17. The molecule has 0 radical (unpaired) electrons. The van der Waals surface area contributed by atoms with Crippen molar-refractivity contribution >= 4 is 27.3 Å². The van der Waals surface area contributed by atoms with Crippen LogP contribution in [-0.4, -0.2) is 39.3 Å². The summed E-state index contributed by atoms with van der Waals surface area (Å²) in [7, 11) is -3.17. The van der Waals surface area contributed by atoms with Crippen LogP contribution in [0.1, 0.15) is 19.3 Å². The van der Waals surface area contributed by atoms with Crippen LogP contribution in [0.3, 0.4) is 0 Å². The smallest absolute Gasteiger partial charge is 0.177 e. The van der Waals surface area contributed by atoms with Crippen molar-refractivity contribution < 1.29 is 8.42 Å². The van der Waals surface area contributed by atoms with Crippen LogP contribution in [-0.2, 0) is 9.84 Å². The van der Waals surface area contributed by atoms with Crippen molar-refractivity contribution in [3.63, 3.8) is 0 Å². The zero-order valence-corrected chi connectivity index (χ0v) is 13.1. The molecule has 1 heterocycles. The fourth-order valence-electron chi connectivity index (χ4n) is 2.55. The normalized spacial score (nSPS) is 21.2. The monoisotopic (exact) mass is 299 g/mol. The average Bonchev–Trinajstić information content (AvgIpc) is 2.63. The second kappa shape index (κ2) is 6.18. The molecule has 0 bridgehead atoms. The molecule has 2 rings (SSSR count). The SMILES string of the molecule is CSC1CCCCN(c2ccccc2S(C)(=O)=O)C1.